The number of nitriles is 1. The summed E-state index contributed by atoms with van der Waals surface area (Å²) in [5.41, 5.74) is 1.02. The smallest absolute Gasteiger partial charge is 0.313 e. The summed E-state index contributed by atoms with van der Waals surface area (Å²) in [5, 5.41) is 17.5. The zero-order chi connectivity index (χ0) is 28.4. The van der Waals surface area contributed by atoms with Gasteiger partial charge in [-0.15, -0.1) is 0 Å². The molecule has 0 spiro atoms. The third kappa shape index (κ3) is 8.53. The van der Waals surface area contributed by atoms with Crippen molar-refractivity contribution < 1.29 is 28.3 Å². The summed E-state index contributed by atoms with van der Waals surface area (Å²) in [4.78, 5) is 36.7. The molecule has 0 aliphatic rings. The Morgan fingerprint density at radius 1 is 0.923 bits per heavy atom. The zero-order valence-corrected chi connectivity index (χ0v) is 22.5. The minimum absolute atomic E-state index is 0.101. The second-order valence-corrected chi connectivity index (χ2v) is 8.84. The second kappa shape index (κ2) is 13.9. The van der Waals surface area contributed by atoms with E-state index >= 15 is 0 Å². The summed E-state index contributed by atoms with van der Waals surface area (Å²) in [6.45, 7) is 0.183. The molecule has 0 radical (unpaired) electrons. The largest absolute Gasteiger partial charge is 0.493 e. The molecule has 10 nitrogen and oxygen atoms in total. The van der Waals surface area contributed by atoms with Crippen LogP contribution in [-0.4, -0.2) is 38.5 Å². The number of hydrogen-bond acceptors (Lipinski definition) is 7. The fourth-order valence-electron chi connectivity index (χ4n) is 3.37. The zero-order valence-electron chi connectivity index (χ0n) is 21.0. The van der Waals surface area contributed by atoms with Gasteiger partial charge in [-0.3, -0.25) is 14.4 Å². The van der Waals surface area contributed by atoms with Gasteiger partial charge in [0.1, 0.15) is 23.2 Å². The lowest BCUT2D eigenvalue weighted by Crippen LogP contribution is -2.34. The van der Waals surface area contributed by atoms with Crippen molar-refractivity contribution in [1.82, 2.24) is 10.6 Å². The summed E-state index contributed by atoms with van der Waals surface area (Å²) in [7, 11) is 3.09. The van der Waals surface area contributed by atoms with Gasteiger partial charge in [0, 0.05) is 28.4 Å². The Hall–Kier alpha value is -4.46. The lowest BCUT2D eigenvalue weighted by molar-refractivity contribution is -0.136. The molecule has 1 heterocycles. The Morgan fingerprint density at radius 2 is 1.64 bits per heavy atom. The van der Waals surface area contributed by atoms with Crippen LogP contribution in [0.15, 0.2) is 58.5 Å². The molecule has 3 N–H and O–H groups in total. The number of rotatable bonds is 10. The van der Waals surface area contributed by atoms with Gasteiger partial charge in [-0.05, 0) is 54.4 Å². The highest BCUT2D eigenvalue weighted by Crippen LogP contribution is 2.27. The van der Waals surface area contributed by atoms with E-state index in [-0.39, 0.29) is 30.1 Å². The van der Waals surface area contributed by atoms with E-state index in [0.717, 1.165) is 5.56 Å². The molecule has 3 aromatic rings. The van der Waals surface area contributed by atoms with Crippen LogP contribution in [0.5, 0.6) is 11.5 Å². The summed E-state index contributed by atoms with van der Waals surface area (Å²) in [6, 6.07) is 14.8. The Balaban J connectivity index is 1.51. The van der Waals surface area contributed by atoms with Gasteiger partial charge in [0.25, 0.3) is 5.91 Å². The van der Waals surface area contributed by atoms with Crippen LogP contribution >= 0.6 is 23.2 Å². The topological polar surface area (TPSA) is 143 Å². The number of halogens is 2. The average molecular weight is 571 g/mol. The number of nitrogens with zero attached hydrogens (tertiary/aromatic N) is 1. The van der Waals surface area contributed by atoms with Crippen LogP contribution in [0.2, 0.25) is 10.0 Å². The van der Waals surface area contributed by atoms with Crippen LogP contribution in [0.1, 0.15) is 17.1 Å². The third-order valence-corrected chi connectivity index (χ3v) is 5.67. The van der Waals surface area contributed by atoms with Crippen LogP contribution in [0, 0.1) is 11.3 Å². The van der Waals surface area contributed by atoms with E-state index in [0.29, 0.717) is 33.7 Å². The molecule has 3 amide bonds. The van der Waals surface area contributed by atoms with Crippen LogP contribution in [0.25, 0.3) is 6.08 Å². The van der Waals surface area contributed by atoms with Crippen molar-refractivity contribution in [3.05, 3.63) is 81.2 Å². The maximum absolute atomic E-state index is 12.5. The quantitative estimate of drug-likeness (QED) is 0.189. The number of hydrogen-bond donors (Lipinski definition) is 3. The van der Waals surface area contributed by atoms with Gasteiger partial charge in [0.2, 0.25) is 0 Å². The number of ether oxygens (including phenoxy) is 2. The first kappa shape index (κ1) is 29.1. The van der Waals surface area contributed by atoms with Crippen LogP contribution < -0.4 is 25.4 Å². The minimum Gasteiger partial charge on any atom is -0.493 e. The predicted molar refractivity (Wildman–Crippen MR) is 145 cm³/mol. The molecule has 39 heavy (non-hydrogen) atoms. The van der Waals surface area contributed by atoms with Gasteiger partial charge < -0.3 is 29.8 Å². The third-order valence-electron chi connectivity index (χ3n) is 5.23. The van der Waals surface area contributed by atoms with Crippen LogP contribution in [-0.2, 0) is 27.3 Å². The SMILES string of the molecule is COc1ccc(CCNC(=O)/C(C#N)=C\c2ccc(CNC(=O)C(=O)Nc3cc(Cl)cc(Cl)c3)o2)cc1OC. The lowest BCUT2D eigenvalue weighted by atomic mass is 10.1. The Kier molecular flexibility index (Phi) is 10.4. The van der Waals surface area contributed by atoms with E-state index in [1.54, 1.807) is 19.2 Å². The van der Waals surface area contributed by atoms with Gasteiger partial charge in [-0.2, -0.15) is 5.26 Å². The van der Waals surface area contributed by atoms with Gasteiger partial charge in [-0.25, -0.2) is 0 Å². The van der Waals surface area contributed by atoms with Gasteiger partial charge in [0.15, 0.2) is 11.5 Å². The van der Waals surface area contributed by atoms with Crippen molar-refractivity contribution in [2.75, 3.05) is 26.1 Å². The molecule has 0 saturated heterocycles. The van der Waals surface area contributed by atoms with E-state index in [1.165, 1.54) is 37.5 Å². The number of nitrogens with one attached hydrogen (secondary N) is 3. The van der Waals surface area contributed by atoms with Crippen molar-refractivity contribution in [3.8, 4) is 17.6 Å². The number of anilines is 1. The molecule has 0 unspecified atom stereocenters. The maximum Gasteiger partial charge on any atom is 0.313 e. The molecule has 1 aromatic heterocycles. The van der Waals surface area contributed by atoms with E-state index in [9.17, 15) is 19.6 Å². The average Bonchev–Trinajstić information content (AvgIpc) is 3.36. The molecule has 3 rings (SSSR count). The molecule has 0 aliphatic heterocycles. The normalized spacial score (nSPS) is 10.8. The summed E-state index contributed by atoms with van der Waals surface area (Å²) < 4.78 is 16.0. The Labute approximate surface area is 234 Å². The standard InChI is InChI=1S/C27H24Cl2N4O6/c1-37-23-6-3-16(9-24(23)38-2)7-8-31-25(34)17(14-30)10-21-4-5-22(39-21)15-32-26(35)27(36)33-20-12-18(28)11-19(29)13-20/h3-6,9-13H,7-8,15H2,1-2H3,(H,31,34)(H,32,35)(H,33,36)/b17-10-. The van der Waals surface area contributed by atoms with Gasteiger partial charge in [-0.1, -0.05) is 29.3 Å². The van der Waals surface area contributed by atoms with E-state index in [4.69, 9.17) is 37.1 Å². The molecule has 0 bridgehead atoms. The molecule has 0 fully saturated rings. The second-order valence-electron chi connectivity index (χ2n) is 7.96. The van der Waals surface area contributed by atoms with E-state index in [1.807, 2.05) is 18.2 Å². The number of carbonyl (C=O) groups is 3. The first-order valence-corrected chi connectivity index (χ1v) is 12.2. The highest BCUT2D eigenvalue weighted by atomic mass is 35.5. The molecular formula is C27H24Cl2N4O6. The van der Waals surface area contributed by atoms with Crippen molar-refractivity contribution in [3.63, 3.8) is 0 Å². The molecule has 0 atom stereocenters. The van der Waals surface area contributed by atoms with Gasteiger partial charge in [0.05, 0.1) is 20.8 Å². The van der Waals surface area contributed by atoms with Crippen LogP contribution in [0.3, 0.4) is 0 Å². The number of amides is 3. The Morgan fingerprint density at radius 3 is 2.31 bits per heavy atom. The minimum atomic E-state index is -0.920. The van der Waals surface area contributed by atoms with Gasteiger partial charge >= 0.3 is 11.8 Å². The highest BCUT2D eigenvalue weighted by molar-refractivity contribution is 6.40. The fourth-order valence-corrected chi connectivity index (χ4v) is 3.90. The molecule has 0 saturated carbocycles. The van der Waals surface area contributed by atoms with Crippen molar-refractivity contribution in [2.24, 2.45) is 0 Å². The number of furan rings is 1. The Bertz CT molecular complexity index is 1420. The van der Waals surface area contributed by atoms with E-state index in [2.05, 4.69) is 16.0 Å². The highest BCUT2D eigenvalue weighted by Gasteiger charge is 2.16. The monoisotopic (exact) mass is 570 g/mol. The maximum atomic E-state index is 12.5. The number of carbonyl (C=O) groups excluding carboxylic acids is 3. The van der Waals surface area contributed by atoms with Crippen molar-refractivity contribution in [2.45, 2.75) is 13.0 Å². The molecule has 202 valence electrons. The van der Waals surface area contributed by atoms with Crippen molar-refractivity contribution in [1.29, 1.82) is 5.26 Å². The lowest BCUT2D eigenvalue weighted by Gasteiger charge is -2.10. The molecule has 2 aromatic carbocycles. The first-order chi connectivity index (χ1) is 18.7. The molecule has 12 heteroatoms. The summed E-state index contributed by atoms with van der Waals surface area (Å²) >= 11 is 11.8. The number of benzene rings is 2. The molecular weight excluding hydrogens is 547 g/mol. The van der Waals surface area contributed by atoms with Crippen molar-refractivity contribution >= 4 is 52.7 Å². The fraction of sp³-hybridized carbons (Fsp3) is 0.185. The first-order valence-electron chi connectivity index (χ1n) is 11.5. The van der Waals surface area contributed by atoms with E-state index < -0.39 is 17.7 Å². The summed E-state index contributed by atoms with van der Waals surface area (Å²) in [5.74, 6) is -0.688. The van der Waals surface area contributed by atoms with Crippen LogP contribution in [0.4, 0.5) is 5.69 Å². The predicted octanol–water partition coefficient (Wildman–Crippen LogP) is 4.12. The summed E-state index contributed by atoms with van der Waals surface area (Å²) in [6.07, 6.45) is 1.79. The molecule has 0 aliphatic carbocycles. The number of methoxy groups -OCH3 is 2.